The molecule has 0 radical (unpaired) electrons. The van der Waals surface area contributed by atoms with Crippen LogP contribution in [0.15, 0.2) is 28.6 Å². The quantitative estimate of drug-likeness (QED) is 0.363. The Bertz CT molecular complexity index is 626. The molecular formula is C15H21Cl2IN4S. The summed E-state index contributed by atoms with van der Waals surface area (Å²) in [6, 6.07) is 6.06. The molecule has 2 heterocycles. The van der Waals surface area contributed by atoms with E-state index in [2.05, 4.69) is 33.1 Å². The van der Waals surface area contributed by atoms with Crippen LogP contribution in [0.25, 0.3) is 0 Å². The Balaban J connectivity index is 0.00000264. The summed E-state index contributed by atoms with van der Waals surface area (Å²) in [4.78, 5) is 5.94. The number of nitrogens with zero attached hydrogens (tertiary/aromatic N) is 2. The molecule has 0 aliphatic rings. The van der Waals surface area contributed by atoms with E-state index in [4.69, 9.17) is 23.2 Å². The molecule has 2 aromatic rings. The molecule has 0 fully saturated rings. The van der Waals surface area contributed by atoms with Crippen LogP contribution < -0.4 is 10.6 Å². The highest BCUT2D eigenvalue weighted by Crippen LogP contribution is 2.25. The molecule has 128 valence electrons. The minimum absolute atomic E-state index is 0. The molecule has 2 rings (SSSR count). The monoisotopic (exact) mass is 486 g/mol. The first-order chi connectivity index (χ1) is 10.6. The van der Waals surface area contributed by atoms with E-state index in [1.54, 1.807) is 11.3 Å². The maximum atomic E-state index is 6.07. The number of rotatable bonds is 6. The first-order valence-electron chi connectivity index (χ1n) is 7.16. The summed E-state index contributed by atoms with van der Waals surface area (Å²) in [5, 5.41) is 9.78. The van der Waals surface area contributed by atoms with Crippen molar-refractivity contribution in [2.45, 2.75) is 19.9 Å². The average molecular weight is 487 g/mol. The fourth-order valence-electron chi connectivity index (χ4n) is 2.00. The van der Waals surface area contributed by atoms with Crippen LogP contribution >= 0.6 is 58.5 Å². The van der Waals surface area contributed by atoms with Gasteiger partial charge in [-0.15, -0.1) is 35.3 Å². The zero-order valence-electron chi connectivity index (χ0n) is 13.1. The number of halogens is 3. The predicted octanol–water partition coefficient (Wildman–Crippen LogP) is 4.31. The molecule has 0 amide bonds. The lowest BCUT2D eigenvalue weighted by Crippen LogP contribution is -2.38. The van der Waals surface area contributed by atoms with Gasteiger partial charge in [0, 0.05) is 30.7 Å². The van der Waals surface area contributed by atoms with Gasteiger partial charge >= 0.3 is 0 Å². The van der Waals surface area contributed by atoms with Crippen molar-refractivity contribution in [2.24, 2.45) is 12.0 Å². The lowest BCUT2D eigenvalue weighted by atomic mass is 10.3. The highest BCUT2D eigenvalue weighted by atomic mass is 127. The molecular weight excluding hydrogens is 466 g/mol. The third-order valence-corrected chi connectivity index (χ3v) is 4.98. The second-order valence-electron chi connectivity index (χ2n) is 4.78. The lowest BCUT2D eigenvalue weighted by Gasteiger charge is -2.11. The number of thiophene rings is 1. The van der Waals surface area contributed by atoms with Gasteiger partial charge in [-0.2, -0.15) is 0 Å². The molecule has 0 atom stereocenters. The Kier molecular flexibility index (Phi) is 9.34. The summed E-state index contributed by atoms with van der Waals surface area (Å²) in [6.45, 7) is 4.24. The summed E-state index contributed by atoms with van der Waals surface area (Å²) in [6.07, 6.45) is 0.990. The maximum absolute atomic E-state index is 6.07. The van der Waals surface area contributed by atoms with Crippen molar-refractivity contribution in [1.29, 1.82) is 0 Å². The molecule has 2 N–H and O–H groups in total. The highest BCUT2D eigenvalue weighted by molar-refractivity contribution is 14.0. The third-order valence-electron chi connectivity index (χ3n) is 3.20. The van der Waals surface area contributed by atoms with E-state index in [1.807, 2.05) is 24.6 Å². The Morgan fingerprint density at radius 2 is 2.13 bits per heavy atom. The summed E-state index contributed by atoms with van der Waals surface area (Å²) >= 11 is 13.9. The molecule has 0 aromatic carbocycles. The lowest BCUT2D eigenvalue weighted by molar-refractivity contribution is 0.782. The Morgan fingerprint density at radius 3 is 2.70 bits per heavy atom. The van der Waals surface area contributed by atoms with Gasteiger partial charge in [0.15, 0.2) is 5.96 Å². The largest absolute Gasteiger partial charge is 0.357 e. The summed E-state index contributed by atoms with van der Waals surface area (Å²) < 4.78 is 1.85. The van der Waals surface area contributed by atoms with Crippen molar-refractivity contribution in [3.05, 3.63) is 44.3 Å². The summed E-state index contributed by atoms with van der Waals surface area (Å²) in [5.41, 5.74) is 0.977. The van der Waals surface area contributed by atoms with Crippen molar-refractivity contribution in [2.75, 3.05) is 13.1 Å². The fourth-order valence-corrected chi connectivity index (χ4v) is 3.13. The topological polar surface area (TPSA) is 41.4 Å². The van der Waals surface area contributed by atoms with E-state index in [0.29, 0.717) is 16.7 Å². The van der Waals surface area contributed by atoms with E-state index < -0.39 is 0 Å². The van der Waals surface area contributed by atoms with Crippen molar-refractivity contribution in [1.82, 2.24) is 15.2 Å². The number of aliphatic imine (C=N–C) groups is 1. The van der Waals surface area contributed by atoms with Crippen LogP contribution in [0, 0.1) is 0 Å². The van der Waals surface area contributed by atoms with Gasteiger partial charge in [-0.3, -0.25) is 0 Å². The molecule has 0 saturated heterocycles. The summed E-state index contributed by atoms with van der Waals surface area (Å²) in [5.74, 6) is 0.799. The smallest absolute Gasteiger partial charge is 0.191 e. The number of aromatic nitrogens is 1. The Morgan fingerprint density at radius 1 is 1.35 bits per heavy atom. The van der Waals surface area contributed by atoms with E-state index >= 15 is 0 Å². The Labute approximate surface area is 168 Å². The van der Waals surface area contributed by atoms with Crippen molar-refractivity contribution in [3.8, 4) is 0 Å². The molecule has 0 bridgehead atoms. The maximum Gasteiger partial charge on any atom is 0.191 e. The van der Waals surface area contributed by atoms with Crippen LogP contribution in [0.2, 0.25) is 10.2 Å². The van der Waals surface area contributed by atoms with Crippen LogP contribution in [-0.2, 0) is 20.0 Å². The van der Waals surface area contributed by atoms with Crippen LogP contribution in [-0.4, -0.2) is 23.6 Å². The average Bonchev–Trinajstić information content (AvgIpc) is 3.10. The first-order valence-corrected chi connectivity index (χ1v) is 8.79. The number of hydrogen-bond acceptors (Lipinski definition) is 2. The van der Waals surface area contributed by atoms with Gasteiger partial charge in [0.1, 0.15) is 5.15 Å². The standard InChI is InChI=1S/C15H20Cl2N4S.HI/c1-3-18-15(19-7-6-12-5-4-8-22-12)20-10-11-9-13(16)14(17)21(11)2;/h4-5,8-9H,3,6-7,10H2,1-2H3,(H2,18,19,20);1H. The minimum atomic E-state index is 0. The van der Waals surface area contributed by atoms with Gasteiger partial charge in [0.25, 0.3) is 0 Å². The number of hydrogen-bond donors (Lipinski definition) is 2. The van der Waals surface area contributed by atoms with Gasteiger partial charge in [0.05, 0.1) is 11.6 Å². The molecule has 4 nitrogen and oxygen atoms in total. The van der Waals surface area contributed by atoms with E-state index in [0.717, 1.165) is 31.2 Å². The SMILES string of the molecule is CCNC(=NCc1cc(Cl)c(Cl)n1C)NCCc1cccs1.I. The van der Waals surface area contributed by atoms with E-state index in [1.165, 1.54) is 4.88 Å². The van der Waals surface area contributed by atoms with E-state index in [-0.39, 0.29) is 24.0 Å². The van der Waals surface area contributed by atoms with Gasteiger partial charge in [-0.05, 0) is 30.9 Å². The first kappa shape index (κ1) is 20.6. The van der Waals surface area contributed by atoms with Crippen LogP contribution in [0.1, 0.15) is 17.5 Å². The molecule has 23 heavy (non-hydrogen) atoms. The van der Waals surface area contributed by atoms with Crippen LogP contribution in [0.5, 0.6) is 0 Å². The van der Waals surface area contributed by atoms with Gasteiger partial charge in [-0.25, -0.2) is 4.99 Å². The van der Waals surface area contributed by atoms with Crippen molar-refractivity contribution in [3.63, 3.8) is 0 Å². The molecule has 2 aromatic heterocycles. The third kappa shape index (κ3) is 6.17. The number of guanidine groups is 1. The molecule has 0 spiro atoms. The molecule has 8 heteroatoms. The second kappa shape index (κ2) is 10.4. The fraction of sp³-hybridized carbons (Fsp3) is 0.400. The minimum Gasteiger partial charge on any atom is -0.357 e. The number of nitrogens with one attached hydrogen (secondary N) is 2. The van der Waals surface area contributed by atoms with Crippen LogP contribution in [0.3, 0.4) is 0 Å². The molecule has 0 unspecified atom stereocenters. The zero-order chi connectivity index (χ0) is 15.9. The molecule has 0 saturated carbocycles. The van der Waals surface area contributed by atoms with Gasteiger partial charge in [0.2, 0.25) is 0 Å². The molecule has 0 aliphatic heterocycles. The van der Waals surface area contributed by atoms with Gasteiger partial charge < -0.3 is 15.2 Å². The van der Waals surface area contributed by atoms with Gasteiger partial charge in [-0.1, -0.05) is 29.3 Å². The van der Waals surface area contributed by atoms with Crippen LogP contribution in [0.4, 0.5) is 0 Å². The Hall–Kier alpha value is -0.440. The second-order valence-corrected chi connectivity index (χ2v) is 6.58. The molecule has 0 aliphatic carbocycles. The van der Waals surface area contributed by atoms with E-state index in [9.17, 15) is 0 Å². The highest BCUT2D eigenvalue weighted by Gasteiger charge is 2.08. The van der Waals surface area contributed by atoms with Crippen molar-refractivity contribution >= 4 is 64.5 Å². The zero-order valence-corrected chi connectivity index (χ0v) is 17.8. The summed E-state index contributed by atoms with van der Waals surface area (Å²) in [7, 11) is 1.89. The predicted molar refractivity (Wildman–Crippen MR) is 112 cm³/mol. The van der Waals surface area contributed by atoms with Crippen molar-refractivity contribution < 1.29 is 0 Å². The normalized spacial score (nSPS) is 11.2.